The molecule has 0 radical (unpaired) electrons. The molecule has 4 rings (SSSR count). The van der Waals surface area contributed by atoms with Crippen LogP contribution < -0.4 is 5.56 Å². The van der Waals surface area contributed by atoms with Crippen molar-refractivity contribution in [2.75, 3.05) is 0 Å². The third-order valence-corrected chi connectivity index (χ3v) is 6.90. The first-order chi connectivity index (χ1) is 16.8. The van der Waals surface area contributed by atoms with Gasteiger partial charge in [0.2, 0.25) is 0 Å². The zero-order valence-corrected chi connectivity index (χ0v) is 18.9. The second-order valence-corrected chi connectivity index (χ2v) is 9.21. The van der Waals surface area contributed by atoms with Crippen LogP contribution >= 0.6 is 0 Å². The van der Waals surface area contributed by atoms with Crippen molar-refractivity contribution in [1.82, 2.24) is 15.0 Å². The molecule has 35 heavy (non-hydrogen) atoms. The maximum Gasteiger partial charge on any atom is 0.309 e. The summed E-state index contributed by atoms with van der Waals surface area (Å²) in [5, 5.41) is 28.5. The number of halogens is 2. The summed E-state index contributed by atoms with van der Waals surface area (Å²) < 4.78 is 40.3. The van der Waals surface area contributed by atoms with Crippen molar-refractivity contribution in [2.24, 2.45) is 5.92 Å². The lowest BCUT2D eigenvalue weighted by molar-refractivity contribution is -0.146. The highest BCUT2D eigenvalue weighted by Crippen LogP contribution is 2.27. The molecule has 3 aromatic carbocycles. The summed E-state index contributed by atoms with van der Waals surface area (Å²) >= 11 is 0. The predicted molar refractivity (Wildman–Crippen MR) is 122 cm³/mol. The van der Waals surface area contributed by atoms with Gasteiger partial charge < -0.3 is 10.2 Å². The molecule has 0 aliphatic carbocycles. The third kappa shape index (κ3) is 5.15. The Labute approximate surface area is 199 Å². The Morgan fingerprint density at radius 1 is 1.00 bits per heavy atom. The minimum Gasteiger partial charge on any atom is -0.481 e. The quantitative estimate of drug-likeness (QED) is 0.382. The molecule has 0 aliphatic rings. The van der Waals surface area contributed by atoms with Crippen molar-refractivity contribution in [3.8, 4) is 0 Å². The third-order valence-electron chi connectivity index (χ3n) is 5.52. The van der Waals surface area contributed by atoms with Gasteiger partial charge in [0.05, 0.1) is 28.2 Å². The van der Waals surface area contributed by atoms with E-state index in [-0.39, 0.29) is 28.3 Å². The molecule has 0 fully saturated rings. The number of nitrogens with zero attached hydrogens (tertiary/aromatic N) is 3. The second kappa shape index (κ2) is 10.2. The minimum absolute atomic E-state index is 0.0579. The number of aliphatic carboxylic acids is 1. The number of aliphatic hydroxyl groups excluding tert-OH is 1. The predicted octanol–water partition coefficient (Wildman–Crippen LogP) is 3.06. The Bertz CT molecular complexity index is 1480. The number of benzene rings is 3. The van der Waals surface area contributed by atoms with Crippen molar-refractivity contribution in [3.05, 3.63) is 94.3 Å². The first-order valence-corrected chi connectivity index (χ1v) is 11.6. The molecule has 0 amide bonds. The Balaban J connectivity index is 1.50. The normalized spacial score (nSPS) is 13.9. The maximum atomic E-state index is 13.5. The Kier molecular flexibility index (Phi) is 7.08. The zero-order chi connectivity index (χ0) is 25.1. The standard InChI is InChI=1S/C24H19F2N3O5S/c25-19-10-9-16(13-20(19)26)35(34)15-7-5-14(6-8-15)22(30)18(24(32)33)11-12-29-23(31)17-3-1-2-4-21(17)27-28-29/h1-10,13,18,22,30H,11-12H2,(H,32,33)/t18-,22+,35?/m0/s1. The van der Waals surface area contributed by atoms with Gasteiger partial charge in [-0.15, -0.1) is 5.10 Å². The fraction of sp³-hybridized carbons (Fsp3) is 0.167. The lowest BCUT2D eigenvalue weighted by Gasteiger charge is -2.20. The van der Waals surface area contributed by atoms with E-state index < -0.39 is 46.0 Å². The van der Waals surface area contributed by atoms with E-state index >= 15 is 0 Å². The molecule has 1 unspecified atom stereocenters. The molecule has 11 heteroatoms. The van der Waals surface area contributed by atoms with E-state index in [1.165, 1.54) is 30.3 Å². The molecule has 0 saturated carbocycles. The van der Waals surface area contributed by atoms with Gasteiger partial charge in [0.1, 0.15) is 5.52 Å². The van der Waals surface area contributed by atoms with Crippen LogP contribution in [-0.2, 0) is 22.1 Å². The van der Waals surface area contributed by atoms with E-state index in [9.17, 15) is 32.8 Å². The van der Waals surface area contributed by atoms with Gasteiger partial charge in [-0.05, 0) is 54.4 Å². The number of carbonyl (C=O) groups is 1. The van der Waals surface area contributed by atoms with Crippen LogP contribution in [0.3, 0.4) is 0 Å². The minimum atomic E-state index is -1.81. The molecule has 4 aromatic rings. The first-order valence-electron chi connectivity index (χ1n) is 10.5. The van der Waals surface area contributed by atoms with Gasteiger partial charge >= 0.3 is 5.97 Å². The molecule has 1 aromatic heterocycles. The van der Waals surface area contributed by atoms with Crippen LogP contribution in [0.4, 0.5) is 8.78 Å². The first kappa shape index (κ1) is 24.3. The van der Waals surface area contributed by atoms with Gasteiger partial charge in [-0.25, -0.2) is 17.7 Å². The highest BCUT2D eigenvalue weighted by atomic mass is 32.2. The van der Waals surface area contributed by atoms with E-state index in [0.29, 0.717) is 10.9 Å². The van der Waals surface area contributed by atoms with Gasteiger partial charge in [0.15, 0.2) is 11.6 Å². The van der Waals surface area contributed by atoms with Crippen LogP contribution in [-0.4, -0.2) is 35.4 Å². The van der Waals surface area contributed by atoms with Crippen LogP contribution in [0.5, 0.6) is 0 Å². The molecule has 8 nitrogen and oxygen atoms in total. The fourth-order valence-electron chi connectivity index (χ4n) is 3.60. The lowest BCUT2D eigenvalue weighted by atomic mass is 9.93. The molecule has 1 heterocycles. The summed E-state index contributed by atoms with van der Waals surface area (Å²) in [6.07, 6.45) is -1.53. The van der Waals surface area contributed by atoms with Crippen LogP contribution in [0.2, 0.25) is 0 Å². The smallest absolute Gasteiger partial charge is 0.309 e. The highest BCUT2D eigenvalue weighted by molar-refractivity contribution is 7.85. The number of carboxylic acid groups (broad SMARTS) is 1. The molecular weight excluding hydrogens is 480 g/mol. The van der Waals surface area contributed by atoms with Crippen molar-refractivity contribution in [1.29, 1.82) is 0 Å². The lowest BCUT2D eigenvalue weighted by Crippen LogP contribution is -2.29. The van der Waals surface area contributed by atoms with Crippen LogP contribution in [0, 0.1) is 17.6 Å². The van der Waals surface area contributed by atoms with Gasteiger partial charge in [-0.1, -0.05) is 29.5 Å². The Morgan fingerprint density at radius 3 is 2.37 bits per heavy atom. The number of aromatic nitrogens is 3. The number of hydrogen-bond donors (Lipinski definition) is 2. The zero-order valence-electron chi connectivity index (χ0n) is 18.0. The Morgan fingerprint density at radius 2 is 1.69 bits per heavy atom. The van der Waals surface area contributed by atoms with Crippen molar-refractivity contribution in [2.45, 2.75) is 28.9 Å². The molecule has 180 valence electrons. The van der Waals surface area contributed by atoms with Crippen LogP contribution in [0.15, 0.2) is 81.3 Å². The molecule has 0 bridgehead atoms. The molecule has 0 saturated heterocycles. The number of carboxylic acids is 1. The molecule has 0 spiro atoms. The largest absolute Gasteiger partial charge is 0.481 e. The van der Waals surface area contributed by atoms with E-state index in [4.69, 9.17) is 0 Å². The number of rotatable bonds is 8. The van der Waals surface area contributed by atoms with Gasteiger partial charge in [0.25, 0.3) is 5.56 Å². The second-order valence-electron chi connectivity index (χ2n) is 7.73. The number of aliphatic hydroxyl groups is 1. The summed E-state index contributed by atoms with van der Waals surface area (Å²) in [6.45, 7) is -0.0804. The summed E-state index contributed by atoms with van der Waals surface area (Å²) in [5.74, 6) is -4.71. The summed E-state index contributed by atoms with van der Waals surface area (Å²) in [5.41, 5.74) is 0.253. The molecule has 2 N–H and O–H groups in total. The van der Waals surface area contributed by atoms with Crippen LogP contribution in [0.25, 0.3) is 10.9 Å². The van der Waals surface area contributed by atoms with Gasteiger partial charge in [0, 0.05) is 16.3 Å². The van der Waals surface area contributed by atoms with Gasteiger partial charge in [-0.3, -0.25) is 9.59 Å². The van der Waals surface area contributed by atoms with E-state index in [1.54, 1.807) is 24.3 Å². The summed E-state index contributed by atoms with van der Waals surface area (Å²) in [7, 11) is -1.81. The van der Waals surface area contributed by atoms with Crippen LogP contribution in [0.1, 0.15) is 18.1 Å². The van der Waals surface area contributed by atoms with Crippen molar-refractivity contribution in [3.63, 3.8) is 0 Å². The Hall–Kier alpha value is -3.83. The average Bonchev–Trinajstić information content (AvgIpc) is 2.86. The van der Waals surface area contributed by atoms with E-state index in [2.05, 4.69) is 10.3 Å². The van der Waals surface area contributed by atoms with E-state index in [1.807, 2.05) is 0 Å². The average molecular weight is 499 g/mol. The highest BCUT2D eigenvalue weighted by Gasteiger charge is 2.28. The van der Waals surface area contributed by atoms with Crippen molar-refractivity contribution < 1.29 is 28.0 Å². The van der Waals surface area contributed by atoms with Crippen molar-refractivity contribution >= 4 is 27.7 Å². The summed E-state index contributed by atoms with van der Waals surface area (Å²) in [6, 6.07) is 15.2. The topological polar surface area (TPSA) is 122 Å². The van der Waals surface area contributed by atoms with E-state index in [0.717, 1.165) is 16.8 Å². The molecule has 3 atom stereocenters. The number of aryl methyl sites for hydroxylation is 1. The molecule has 0 aliphatic heterocycles. The number of fused-ring (bicyclic) bond motifs is 1. The summed E-state index contributed by atoms with van der Waals surface area (Å²) in [4.78, 5) is 24.8. The fourth-order valence-corrected chi connectivity index (χ4v) is 4.65. The molecular formula is C24H19F2N3O5S. The van der Waals surface area contributed by atoms with Gasteiger partial charge in [-0.2, -0.15) is 0 Å². The monoisotopic (exact) mass is 499 g/mol. The number of hydrogen-bond acceptors (Lipinski definition) is 6. The maximum absolute atomic E-state index is 13.5. The SMILES string of the molecule is O=C(O)[C@@H](CCn1nnc2ccccc2c1=O)[C@H](O)c1ccc(S(=O)c2ccc(F)c(F)c2)cc1.